The third-order valence-electron chi connectivity index (χ3n) is 3.13. The first-order valence-corrected chi connectivity index (χ1v) is 5.94. The summed E-state index contributed by atoms with van der Waals surface area (Å²) in [5, 5.41) is 3.22. The van der Waals surface area contributed by atoms with Crippen LogP contribution in [0.1, 0.15) is 21.5 Å². The molecular formula is C13H16F2N2O. The average molecular weight is 254 g/mol. The lowest BCUT2D eigenvalue weighted by Crippen LogP contribution is -2.33. The van der Waals surface area contributed by atoms with Crippen molar-refractivity contribution in [3.05, 3.63) is 34.9 Å². The predicted molar refractivity (Wildman–Crippen MR) is 64.8 cm³/mol. The molecule has 2 rings (SSSR count). The molecule has 0 spiro atoms. The van der Waals surface area contributed by atoms with Gasteiger partial charge in [-0.2, -0.15) is 0 Å². The Morgan fingerprint density at radius 3 is 3.00 bits per heavy atom. The number of hydrogen-bond acceptors (Lipinski definition) is 2. The molecule has 0 unspecified atom stereocenters. The zero-order chi connectivity index (χ0) is 13.1. The predicted octanol–water partition coefficient (Wildman–Crippen LogP) is 1.67. The molecule has 0 fully saturated rings. The number of nitrogens with zero attached hydrogens (tertiary/aromatic N) is 1. The Morgan fingerprint density at radius 1 is 1.50 bits per heavy atom. The highest BCUT2D eigenvalue weighted by atomic mass is 19.3. The van der Waals surface area contributed by atoms with Crippen LogP contribution in [0.3, 0.4) is 0 Å². The SMILES string of the molecule is CN(CC(F)F)C(=O)c1cccc2c1CCNC2. The molecule has 1 amide bonds. The Hall–Kier alpha value is -1.49. The number of carbonyl (C=O) groups excluding carboxylic acids is 1. The van der Waals surface area contributed by atoms with E-state index in [2.05, 4.69) is 5.32 Å². The van der Waals surface area contributed by atoms with Crippen LogP contribution in [0.15, 0.2) is 18.2 Å². The number of fused-ring (bicyclic) bond motifs is 1. The lowest BCUT2D eigenvalue weighted by Gasteiger charge is -2.23. The topological polar surface area (TPSA) is 32.3 Å². The van der Waals surface area contributed by atoms with Crippen LogP contribution in [0, 0.1) is 0 Å². The van der Waals surface area contributed by atoms with Crippen LogP contribution in [-0.4, -0.2) is 37.4 Å². The summed E-state index contributed by atoms with van der Waals surface area (Å²) in [7, 11) is 1.41. The van der Waals surface area contributed by atoms with Crippen LogP contribution >= 0.6 is 0 Å². The van der Waals surface area contributed by atoms with Gasteiger partial charge in [0.1, 0.15) is 0 Å². The van der Waals surface area contributed by atoms with E-state index in [0.717, 1.165) is 35.5 Å². The van der Waals surface area contributed by atoms with Gasteiger partial charge in [0.2, 0.25) is 0 Å². The molecule has 1 aliphatic heterocycles. The van der Waals surface area contributed by atoms with Gasteiger partial charge < -0.3 is 10.2 Å². The molecule has 3 nitrogen and oxygen atoms in total. The van der Waals surface area contributed by atoms with Crippen LogP contribution < -0.4 is 5.32 Å². The van der Waals surface area contributed by atoms with E-state index in [1.807, 2.05) is 6.07 Å². The van der Waals surface area contributed by atoms with Gasteiger partial charge in [-0.1, -0.05) is 12.1 Å². The molecule has 1 aromatic carbocycles. The summed E-state index contributed by atoms with van der Waals surface area (Å²) in [6.45, 7) is 1.02. The van der Waals surface area contributed by atoms with E-state index in [0.29, 0.717) is 5.56 Å². The van der Waals surface area contributed by atoms with E-state index in [4.69, 9.17) is 0 Å². The van der Waals surface area contributed by atoms with Crippen LogP contribution in [-0.2, 0) is 13.0 Å². The van der Waals surface area contributed by atoms with Gasteiger partial charge in [-0.25, -0.2) is 8.78 Å². The molecule has 0 radical (unpaired) electrons. The smallest absolute Gasteiger partial charge is 0.255 e. The lowest BCUT2D eigenvalue weighted by atomic mass is 9.95. The highest BCUT2D eigenvalue weighted by Crippen LogP contribution is 2.20. The molecule has 18 heavy (non-hydrogen) atoms. The summed E-state index contributed by atoms with van der Waals surface area (Å²) >= 11 is 0. The summed E-state index contributed by atoms with van der Waals surface area (Å²) in [6.07, 6.45) is -1.74. The van der Waals surface area contributed by atoms with E-state index in [-0.39, 0.29) is 5.91 Å². The van der Waals surface area contributed by atoms with Crippen molar-refractivity contribution in [3.63, 3.8) is 0 Å². The van der Waals surface area contributed by atoms with E-state index < -0.39 is 13.0 Å². The van der Waals surface area contributed by atoms with Gasteiger partial charge in [0.05, 0.1) is 6.54 Å². The minimum Gasteiger partial charge on any atom is -0.336 e. The normalized spacial score (nSPS) is 14.4. The standard InChI is InChI=1S/C13H16F2N2O/c1-17(8-12(14)15)13(18)11-4-2-3-9-7-16-6-5-10(9)11/h2-4,12,16H,5-8H2,1H3. The van der Waals surface area contributed by atoms with Crippen molar-refractivity contribution in [2.24, 2.45) is 0 Å². The van der Waals surface area contributed by atoms with Gasteiger partial charge in [-0.15, -0.1) is 0 Å². The van der Waals surface area contributed by atoms with E-state index >= 15 is 0 Å². The second-order valence-corrected chi connectivity index (χ2v) is 4.45. The number of amides is 1. The van der Waals surface area contributed by atoms with Gasteiger partial charge in [0.15, 0.2) is 0 Å². The maximum atomic E-state index is 12.3. The summed E-state index contributed by atoms with van der Waals surface area (Å²) < 4.78 is 24.6. The Labute approximate surface area is 105 Å². The minimum absolute atomic E-state index is 0.325. The molecule has 1 aliphatic rings. The molecule has 0 aromatic heterocycles. The fraction of sp³-hybridized carbons (Fsp3) is 0.462. The highest BCUT2D eigenvalue weighted by Gasteiger charge is 2.21. The molecule has 0 aliphatic carbocycles. The molecule has 0 saturated heterocycles. The summed E-state index contributed by atoms with van der Waals surface area (Å²) in [6, 6.07) is 5.48. The van der Waals surface area contributed by atoms with E-state index in [9.17, 15) is 13.6 Å². The number of nitrogens with one attached hydrogen (secondary N) is 1. The second kappa shape index (κ2) is 5.44. The molecule has 5 heteroatoms. The van der Waals surface area contributed by atoms with Gasteiger partial charge >= 0.3 is 0 Å². The maximum Gasteiger partial charge on any atom is 0.255 e. The van der Waals surface area contributed by atoms with Crippen molar-refractivity contribution >= 4 is 5.91 Å². The summed E-state index contributed by atoms with van der Waals surface area (Å²) in [5.74, 6) is -0.325. The first-order valence-electron chi connectivity index (χ1n) is 5.94. The molecule has 0 atom stereocenters. The minimum atomic E-state index is -2.50. The maximum absolute atomic E-state index is 12.3. The lowest BCUT2D eigenvalue weighted by molar-refractivity contribution is 0.0619. The molecule has 1 aromatic rings. The van der Waals surface area contributed by atoms with Crippen LogP contribution in [0.25, 0.3) is 0 Å². The Bertz CT molecular complexity index is 449. The van der Waals surface area contributed by atoms with Crippen molar-refractivity contribution in [3.8, 4) is 0 Å². The van der Waals surface area contributed by atoms with Crippen molar-refractivity contribution < 1.29 is 13.6 Å². The number of hydrogen-bond donors (Lipinski definition) is 1. The van der Waals surface area contributed by atoms with Crippen molar-refractivity contribution in [2.45, 2.75) is 19.4 Å². The van der Waals surface area contributed by atoms with Crippen molar-refractivity contribution in [1.29, 1.82) is 0 Å². The first-order chi connectivity index (χ1) is 8.59. The average Bonchev–Trinajstić information content (AvgIpc) is 2.36. The number of halogens is 2. The molecule has 0 saturated carbocycles. The third-order valence-corrected chi connectivity index (χ3v) is 3.13. The molecule has 98 valence electrons. The number of rotatable bonds is 3. The number of alkyl halides is 2. The fourth-order valence-corrected chi connectivity index (χ4v) is 2.23. The Balaban J connectivity index is 2.25. The number of carbonyl (C=O) groups is 1. The van der Waals surface area contributed by atoms with Gasteiger partial charge in [-0.05, 0) is 30.2 Å². The van der Waals surface area contributed by atoms with Crippen LogP contribution in [0.5, 0.6) is 0 Å². The zero-order valence-corrected chi connectivity index (χ0v) is 10.2. The second-order valence-electron chi connectivity index (χ2n) is 4.45. The molecular weight excluding hydrogens is 238 g/mol. The summed E-state index contributed by atoms with van der Waals surface area (Å²) in [4.78, 5) is 13.2. The highest BCUT2D eigenvalue weighted by molar-refractivity contribution is 5.96. The zero-order valence-electron chi connectivity index (χ0n) is 10.2. The van der Waals surface area contributed by atoms with Gasteiger partial charge in [-0.3, -0.25) is 4.79 Å². The third kappa shape index (κ3) is 2.67. The fourth-order valence-electron chi connectivity index (χ4n) is 2.23. The van der Waals surface area contributed by atoms with Crippen LogP contribution in [0.4, 0.5) is 8.78 Å². The monoisotopic (exact) mass is 254 g/mol. The van der Waals surface area contributed by atoms with Crippen LogP contribution in [0.2, 0.25) is 0 Å². The van der Waals surface area contributed by atoms with Gasteiger partial charge in [0, 0.05) is 19.2 Å². The molecule has 1 heterocycles. The quantitative estimate of drug-likeness (QED) is 0.890. The van der Waals surface area contributed by atoms with Crippen molar-refractivity contribution in [1.82, 2.24) is 10.2 Å². The Kier molecular flexibility index (Phi) is 3.91. The van der Waals surface area contributed by atoms with Crippen molar-refractivity contribution in [2.75, 3.05) is 20.1 Å². The van der Waals surface area contributed by atoms with Gasteiger partial charge in [0.25, 0.3) is 12.3 Å². The molecule has 1 N–H and O–H groups in total. The largest absolute Gasteiger partial charge is 0.336 e. The van der Waals surface area contributed by atoms with E-state index in [1.54, 1.807) is 12.1 Å². The summed E-state index contributed by atoms with van der Waals surface area (Å²) in [5.41, 5.74) is 2.62. The number of benzene rings is 1. The van der Waals surface area contributed by atoms with E-state index in [1.165, 1.54) is 7.05 Å². The molecule has 0 bridgehead atoms. The first kappa shape index (κ1) is 13.0. The Morgan fingerprint density at radius 2 is 2.28 bits per heavy atom.